The van der Waals surface area contributed by atoms with Gasteiger partial charge in [0.25, 0.3) is 11.8 Å². The Kier molecular flexibility index (Phi) is 6.36. The maximum Gasteiger partial charge on any atom is 0.256 e. The van der Waals surface area contributed by atoms with Gasteiger partial charge in [0.05, 0.1) is 30.0 Å². The molecular formula is C20H17F3IN3O3. The number of halogens is 4. The number of rotatable bonds is 6. The number of hydrogen-bond acceptors (Lipinski definition) is 4. The van der Waals surface area contributed by atoms with Crippen molar-refractivity contribution in [1.82, 2.24) is 10.2 Å². The average Bonchev–Trinajstić information content (AvgIpc) is 2.68. The molecule has 0 aromatic heterocycles. The molecule has 2 amide bonds. The Morgan fingerprint density at radius 1 is 1.20 bits per heavy atom. The molecule has 3 rings (SSSR count). The van der Waals surface area contributed by atoms with Crippen molar-refractivity contribution < 1.29 is 27.9 Å². The third-order valence-corrected chi connectivity index (χ3v) is 5.21. The molecule has 1 fully saturated rings. The van der Waals surface area contributed by atoms with Crippen LogP contribution in [-0.2, 0) is 4.79 Å². The van der Waals surface area contributed by atoms with Gasteiger partial charge in [-0.05, 0) is 52.9 Å². The molecule has 2 aromatic rings. The van der Waals surface area contributed by atoms with Gasteiger partial charge in [-0.2, -0.15) is 0 Å². The first kappa shape index (κ1) is 22.1. The molecule has 1 aliphatic rings. The lowest BCUT2D eigenvalue weighted by molar-refractivity contribution is -0.154. The van der Waals surface area contributed by atoms with Crippen molar-refractivity contribution in [2.45, 2.75) is 5.60 Å². The maximum absolute atomic E-state index is 14.5. The summed E-state index contributed by atoms with van der Waals surface area (Å²) in [6, 6.07) is 5.92. The number of benzene rings is 2. The van der Waals surface area contributed by atoms with Crippen LogP contribution in [-0.4, -0.2) is 47.1 Å². The molecule has 0 aliphatic carbocycles. The minimum absolute atomic E-state index is 0.141. The molecule has 2 aromatic carbocycles. The van der Waals surface area contributed by atoms with Crippen LogP contribution in [0.15, 0.2) is 43.0 Å². The molecule has 0 atom stereocenters. The van der Waals surface area contributed by atoms with Crippen LogP contribution in [0.4, 0.5) is 24.5 Å². The van der Waals surface area contributed by atoms with Crippen LogP contribution >= 0.6 is 22.6 Å². The Hall–Kier alpha value is -2.60. The molecule has 0 bridgehead atoms. The normalized spacial score (nSPS) is 14.6. The van der Waals surface area contributed by atoms with Crippen molar-refractivity contribution >= 4 is 45.8 Å². The average molecular weight is 531 g/mol. The largest absolute Gasteiger partial charge is 0.377 e. The van der Waals surface area contributed by atoms with Crippen molar-refractivity contribution in [3.8, 4) is 0 Å². The van der Waals surface area contributed by atoms with Crippen LogP contribution in [0.2, 0.25) is 0 Å². The Bertz CT molecular complexity index is 1030. The number of aliphatic hydroxyl groups is 1. The number of likely N-dealkylation sites (tertiary alicyclic amines) is 1. The van der Waals surface area contributed by atoms with Gasteiger partial charge in [0.2, 0.25) is 0 Å². The minimum Gasteiger partial charge on any atom is -0.377 e. The Morgan fingerprint density at radius 2 is 1.90 bits per heavy atom. The Balaban J connectivity index is 1.84. The highest BCUT2D eigenvalue weighted by Gasteiger charge is 2.50. The molecule has 0 unspecified atom stereocenters. The van der Waals surface area contributed by atoms with Gasteiger partial charge >= 0.3 is 0 Å². The number of carbonyl (C=O) groups excluding carboxylic acids is 2. The van der Waals surface area contributed by atoms with E-state index in [1.54, 1.807) is 6.07 Å². The molecule has 1 aliphatic heterocycles. The monoisotopic (exact) mass is 531 g/mol. The molecular weight excluding hydrogens is 514 g/mol. The highest BCUT2D eigenvalue weighted by molar-refractivity contribution is 14.1. The van der Waals surface area contributed by atoms with Gasteiger partial charge in [-0.15, -0.1) is 6.58 Å². The van der Waals surface area contributed by atoms with Gasteiger partial charge in [0.15, 0.2) is 17.2 Å². The zero-order chi connectivity index (χ0) is 22.1. The van der Waals surface area contributed by atoms with Gasteiger partial charge < -0.3 is 20.6 Å². The van der Waals surface area contributed by atoms with Crippen molar-refractivity contribution in [2.75, 3.05) is 25.0 Å². The summed E-state index contributed by atoms with van der Waals surface area (Å²) in [7, 11) is 0. The summed E-state index contributed by atoms with van der Waals surface area (Å²) in [5, 5.41) is 15.2. The quantitative estimate of drug-likeness (QED) is 0.396. The summed E-state index contributed by atoms with van der Waals surface area (Å²) in [5.74, 6) is -4.69. The lowest BCUT2D eigenvalue weighted by Gasteiger charge is -2.45. The van der Waals surface area contributed by atoms with Crippen LogP contribution in [0.25, 0.3) is 0 Å². The fourth-order valence-corrected chi connectivity index (χ4v) is 3.40. The first-order valence-electron chi connectivity index (χ1n) is 8.77. The maximum atomic E-state index is 14.5. The first-order valence-corrected chi connectivity index (χ1v) is 9.85. The predicted octanol–water partition coefficient (Wildman–Crippen LogP) is 2.94. The van der Waals surface area contributed by atoms with E-state index in [1.807, 2.05) is 22.6 Å². The molecule has 3 N–H and O–H groups in total. The molecule has 0 spiro atoms. The predicted molar refractivity (Wildman–Crippen MR) is 113 cm³/mol. The highest BCUT2D eigenvalue weighted by atomic mass is 127. The number of hydrogen-bond donors (Lipinski definition) is 3. The van der Waals surface area contributed by atoms with Gasteiger partial charge in [-0.1, -0.05) is 6.08 Å². The summed E-state index contributed by atoms with van der Waals surface area (Å²) in [4.78, 5) is 25.9. The lowest BCUT2D eigenvalue weighted by atomic mass is 9.92. The van der Waals surface area contributed by atoms with Gasteiger partial charge in [0, 0.05) is 10.1 Å². The van der Waals surface area contributed by atoms with Crippen LogP contribution in [0.5, 0.6) is 0 Å². The second-order valence-electron chi connectivity index (χ2n) is 6.72. The summed E-state index contributed by atoms with van der Waals surface area (Å²) in [6.45, 7) is 2.94. The van der Waals surface area contributed by atoms with E-state index in [-0.39, 0.29) is 30.9 Å². The second-order valence-corrected chi connectivity index (χ2v) is 7.97. The van der Waals surface area contributed by atoms with Crippen LogP contribution in [0, 0.1) is 21.0 Å². The van der Waals surface area contributed by atoms with E-state index in [0.717, 1.165) is 17.0 Å². The molecule has 30 heavy (non-hydrogen) atoms. The molecule has 0 radical (unpaired) electrons. The van der Waals surface area contributed by atoms with Crippen molar-refractivity contribution in [3.63, 3.8) is 0 Å². The van der Waals surface area contributed by atoms with E-state index in [1.165, 1.54) is 18.2 Å². The van der Waals surface area contributed by atoms with E-state index in [9.17, 15) is 27.9 Å². The van der Waals surface area contributed by atoms with Crippen LogP contribution in [0.1, 0.15) is 10.4 Å². The smallest absolute Gasteiger partial charge is 0.256 e. The van der Waals surface area contributed by atoms with Gasteiger partial charge in [0.1, 0.15) is 5.82 Å². The SMILES string of the molecule is C=CCNC(=O)C1(O)CN(C(=O)c2ccc(F)c(F)c2Nc2ccc(I)cc2F)C1. The molecule has 10 heteroatoms. The minimum atomic E-state index is -1.78. The number of carbonyl (C=O) groups is 2. The molecule has 6 nitrogen and oxygen atoms in total. The van der Waals surface area contributed by atoms with Crippen molar-refractivity contribution in [3.05, 3.63) is 69.6 Å². The Morgan fingerprint density at radius 3 is 2.53 bits per heavy atom. The highest BCUT2D eigenvalue weighted by Crippen LogP contribution is 2.31. The zero-order valence-electron chi connectivity index (χ0n) is 15.5. The number of amides is 2. The molecule has 1 saturated heterocycles. The fraction of sp³-hybridized carbons (Fsp3) is 0.200. The second kappa shape index (κ2) is 8.64. The number of anilines is 2. The summed E-state index contributed by atoms with van der Waals surface area (Å²) in [5.41, 5.74) is -2.72. The van der Waals surface area contributed by atoms with E-state index in [4.69, 9.17) is 0 Å². The summed E-state index contributed by atoms with van der Waals surface area (Å²) in [6.07, 6.45) is 1.44. The van der Waals surface area contributed by atoms with E-state index >= 15 is 0 Å². The number of nitrogens with one attached hydrogen (secondary N) is 2. The lowest BCUT2D eigenvalue weighted by Crippen LogP contribution is -2.69. The van der Waals surface area contributed by atoms with Crippen LogP contribution in [0.3, 0.4) is 0 Å². The first-order chi connectivity index (χ1) is 14.2. The van der Waals surface area contributed by atoms with E-state index in [0.29, 0.717) is 3.57 Å². The zero-order valence-corrected chi connectivity index (χ0v) is 17.7. The van der Waals surface area contributed by atoms with E-state index < -0.39 is 40.6 Å². The van der Waals surface area contributed by atoms with Crippen molar-refractivity contribution in [2.24, 2.45) is 0 Å². The topological polar surface area (TPSA) is 81.7 Å². The molecule has 0 saturated carbocycles. The van der Waals surface area contributed by atoms with Gasteiger partial charge in [-0.25, -0.2) is 13.2 Å². The molecule has 1 heterocycles. The number of nitrogens with zero attached hydrogens (tertiary/aromatic N) is 1. The summed E-state index contributed by atoms with van der Waals surface area (Å²) >= 11 is 1.90. The van der Waals surface area contributed by atoms with Crippen molar-refractivity contribution in [1.29, 1.82) is 0 Å². The fourth-order valence-electron chi connectivity index (χ4n) is 2.95. The standard InChI is InChI=1S/C20H17F3IN3O3/c1-2-7-25-19(29)20(30)9-27(10-20)18(28)12-4-5-13(21)16(23)17(12)26-15-6-3-11(24)8-14(15)22/h2-6,8,26,30H,1,7,9-10H2,(H,25,29). The van der Waals surface area contributed by atoms with Crippen LogP contribution < -0.4 is 10.6 Å². The Labute approximate surface area is 183 Å². The van der Waals surface area contributed by atoms with Gasteiger partial charge in [-0.3, -0.25) is 9.59 Å². The van der Waals surface area contributed by atoms with E-state index in [2.05, 4.69) is 17.2 Å². The summed E-state index contributed by atoms with van der Waals surface area (Å²) < 4.78 is 43.0. The third-order valence-electron chi connectivity index (χ3n) is 4.54. The third kappa shape index (κ3) is 4.29. The number of β-amino-alcohol motifs (C(OH)–C–C–N with tert-alkyl or cyclic N) is 1. The molecule has 158 valence electrons.